The van der Waals surface area contributed by atoms with Crippen molar-refractivity contribution in [2.75, 3.05) is 19.8 Å². The highest BCUT2D eigenvalue weighted by Crippen LogP contribution is 2.13. The van der Waals surface area contributed by atoms with Gasteiger partial charge in [-0.05, 0) is 6.42 Å². The van der Waals surface area contributed by atoms with Crippen molar-refractivity contribution in [3.63, 3.8) is 0 Å². The molecule has 0 aromatic rings. The van der Waals surface area contributed by atoms with E-state index in [0.29, 0.717) is 6.42 Å². The van der Waals surface area contributed by atoms with Gasteiger partial charge in [0, 0.05) is 0 Å². The number of ether oxygens (including phenoxy) is 2. The number of carbonyl (C=O) groups excluding carboxylic acids is 2. The quantitative estimate of drug-likeness (QED) is 0.139. The molecule has 3 N–H and O–H groups in total. The second-order valence-corrected chi connectivity index (χ2v) is 9.38. The third-order valence-electron chi connectivity index (χ3n) is 4.86. The zero-order chi connectivity index (χ0) is 23.5. The van der Waals surface area contributed by atoms with E-state index >= 15 is 0 Å². The molecule has 0 saturated carbocycles. The Kier molecular flexibility index (Phi) is 17.6. The molecule has 0 spiro atoms. The lowest BCUT2D eigenvalue weighted by atomic mass is 10.1. The van der Waals surface area contributed by atoms with E-state index in [2.05, 4.69) is 11.7 Å². The van der Waals surface area contributed by atoms with Crippen LogP contribution in [-0.4, -0.2) is 66.3 Å². The number of hydrogen-bond donors (Lipinski definition) is 3. The zero-order valence-electron chi connectivity index (χ0n) is 18.7. The predicted octanol–water partition coefficient (Wildman–Crippen LogP) is 2.77. The van der Waals surface area contributed by atoms with Crippen LogP contribution in [0.3, 0.4) is 0 Å². The summed E-state index contributed by atoms with van der Waals surface area (Å²) in [6, 6.07) is 0. The first kappa shape index (κ1) is 29.8. The van der Waals surface area contributed by atoms with Crippen LogP contribution in [-0.2, 0) is 29.2 Å². The van der Waals surface area contributed by atoms with Crippen molar-refractivity contribution in [2.45, 2.75) is 102 Å². The van der Waals surface area contributed by atoms with Crippen LogP contribution in [0.2, 0.25) is 0 Å². The zero-order valence-corrected chi connectivity index (χ0v) is 19.5. The molecule has 0 radical (unpaired) electrons. The van der Waals surface area contributed by atoms with Crippen molar-refractivity contribution in [1.29, 1.82) is 0 Å². The fourth-order valence-electron chi connectivity index (χ4n) is 2.97. The maximum atomic E-state index is 11.8. The van der Waals surface area contributed by atoms with E-state index in [1.807, 2.05) is 0 Å². The third kappa shape index (κ3) is 17.1. The Morgan fingerprint density at radius 3 is 1.77 bits per heavy atom. The van der Waals surface area contributed by atoms with Crippen LogP contribution in [0, 0.1) is 0 Å². The molecule has 0 aliphatic carbocycles. The number of hydrogen-bond acceptors (Lipinski definition) is 8. The lowest BCUT2D eigenvalue weighted by Gasteiger charge is -2.14. The summed E-state index contributed by atoms with van der Waals surface area (Å²) in [5.74, 6) is -2.33. The Bertz CT molecular complexity index is 577. The van der Waals surface area contributed by atoms with Crippen LogP contribution in [0.25, 0.3) is 0 Å². The lowest BCUT2D eigenvalue weighted by molar-refractivity contribution is -0.152. The van der Waals surface area contributed by atoms with Crippen LogP contribution >= 0.6 is 0 Å². The lowest BCUT2D eigenvalue weighted by Crippen LogP contribution is -2.36. The molecule has 0 aromatic heterocycles. The summed E-state index contributed by atoms with van der Waals surface area (Å²) in [7, 11) is -4.89. The molecule has 0 bridgehead atoms. The van der Waals surface area contributed by atoms with Gasteiger partial charge in [-0.1, -0.05) is 77.6 Å². The first-order valence-electron chi connectivity index (χ1n) is 11.3. The molecule has 0 fully saturated rings. The van der Waals surface area contributed by atoms with Crippen LogP contribution in [0.4, 0.5) is 0 Å². The van der Waals surface area contributed by atoms with Gasteiger partial charge in [0.25, 0.3) is 10.1 Å². The SMILES string of the molecule is CCCCCCCCCCCCCCOC(=O)CC(C(=O)OCC(O)CO)S(=O)(=O)O. The third-order valence-corrected chi connectivity index (χ3v) is 5.94. The Morgan fingerprint density at radius 2 is 1.32 bits per heavy atom. The molecule has 2 unspecified atom stereocenters. The largest absolute Gasteiger partial charge is 0.466 e. The maximum absolute atomic E-state index is 11.8. The highest BCUT2D eigenvalue weighted by molar-refractivity contribution is 7.87. The summed E-state index contributed by atoms with van der Waals surface area (Å²) in [6.07, 6.45) is 11.6. The topological polar surface area (TPSA) is 147 Å². The molecule has 0 rings (SSSR count). The monoisotopic (exact) mass is 468 g/mol. The van der Waals surface area contributed by atoms with Crippen molar-refractivity contribution >= 4 is 22.1 Å². The first-order chi connectivity index (χ1) is 14.7. The average molecular weight is 469 g/mol. The van der Waals surface area contributed by atoms with E-state index in [9.17, 15) is 18.0 Å². The molecule has 0 saturated heterocycles. The van der Waals surface area contributed by atoms with Crippen molar-refractivity contribution in [3.05, 3.63) is 0 Å². The van der Waals surface area contributed by atoms with Gasteiger partial charge in [-0.25, -0.2) is 0 Å². The average Bonchev–Trinajstić information content (AvgIpc) is 2.72. The second kappa shape index (κ2) is 18.4. The minimum Gasteiger partial charge on any atom is -0.466 e. The van der Waals surface area contributed by atoms with Gasteiger partial charge in [0.1, 0.15) is 12.7 Å². The van der Waals surface area contributed by atoms with Gasteiger partial charge in [-0.15, -0.1) is 0 Å². The Hall–Kier alpha value is -1.23. The van der Waals surface area contributed by atoms with Crippen molar-refractivity contribution in [2.24, 2.45) is 0 Å². The van der Waals surface area contributed by atoms with E-state index in [0.717, 1.165) is 19.3 Å². The van der Waals surface area contributed by atoms with Gasteiger partial charge in [-0.3, -0.25) is 14.1 Å². The molecule has 10 heteroatoms. The number of rotatable bonds is 20. The van der Waals surface area contributed by atoms with Crippen LogP contribution in [0.15, 0.2) is 0 Å². The molecule has 184 valence electrons. The van der Waals surface area contributed by atoms with E-state index in [-0.39, 0.29) is 6.61 Å². The molecule has 2 atom stereocenters. The minimum atomic E-state index is -4.89. The summed E-state index contributed by atoms with van der Waals surface area (Å²) < 4.78 is 41.3. The number of esters is 2. The van der Waals surface area contributed by atoms with E-state index in [1.165, 1.54) is 51.4 Å². The van der Waals surface area contributed by atoms with Crippen LogP contribution < -0.4 is 0 Å². The second-order valence-electron chi connectivity index (χ2n) is 7.78. The van der Waals surface area contributed by atoms with Gasteiger partial charge in [0.2, 0.25) is 0 Å². The van der Waals surface area contributed by atoms with Crippen molar-refractivity contribution < 1.29 is 42.2 Å². The summed E-state index contributed by atoms with van der Waals surface area (Å²) in [5.41, 5.74) is 0. The number of unbranched alkanes of at least 4 members (excludes halogenated alkanes) is 11. The summed E-state index contributed by atoms with van der Waals surface area (Å²) in [4.78, 5) is 23.6. The molecule has 0 aliphatic heterocycles. The standard InChI is InChI=1S/C21H40O9S/c1-2-3-4-5-6-7-8-9-10-11-12-13-14-29-20(24)15-19(31(26,27)28)21(25)30-17-18(23)16-22/h18-19,22-23H,2-17H2,1H3,(H,26,27,28). The molecular formula is C21H40O9S. The van der Waals surface area contributed by atoms with Crippen molar-refractivity contribution in [3.8, 4) is 0 Å². The van der Waals surface area contributed by atoms with E-state index in [1.54, 1.807) is 0 Å². The summed E-state index contributed by atoms with van der Waals surface area (Å²) >= 11 is 0. The number of aliphatic hydroxyl groups excluding tert-OH is 2. The van der Waals surface area contributed by atoms with Crippen molar-refractivity contribution in [1.82, 2.24) is 0 Å². The van der Waals surface area contributed by atoms with Gasteiger partial charge in [0.05, 0.1) is 19.6 Å². The van der Waals surface area contributed by atoms with Gasteiger partial charge >= 0.3 is 11.9 Å². The fraction of sp³-hybridized carbons (Fsp3) is 0.905. The normalized spacial score (nSPS) is 13.5. The minimum absolute atomic E-state index is 0.104. The van der Waals surface area contributed by atoms with Crippen LogP contribution in [0.5, 0.6) is 0 Å². The molecular weight excluding hydrogens is 428 g/mol. The van der Waals surface area contributed by atoms with Gasteiger partial charge in [0.15, 0.2) is 5.25 Å². The van der Waals surface area contributed by atoms with Crippen LogP contribution in [0.1, 0.15) is 90.4 Å². The summed E-state index contributed by atoms with van der Waals surface area (Å²) in [5, 5.41) is 15.7. The Labute approximate surface area is 186 Å². The first-order valence-corrected chi connectivity index (χ1v) is 12.8. The highest BCUT2D eigenvalue weighted by Gasteiger charge is 2.35. The molecule has 0 aromatic carbocycles. The molecule has 31 heavy (non-hydrogen) atoms. The van der Waals surface area contributed by atoms with Gasteiger partial charge in [-0.2, -0.15) is 8.42 Å². The molecule has 9 nitrogen and oxygen atoms in total. The highest BCUT2D eigenvalue weighted by atomic mass is 32.2. The number of aliphatic hydroxyl groups is 2. The van der Waals surface area contributed by atoms with Gasteiger partial charge < -0.3 is 19.7 Å². The molecule has 0 heterocycles. The number of carbonyl (C=O) groups is 2. The van der Waals surface area contributed by atoms with E-state index < -0.39 is 53.0 Å². The maximum Gasteiger partial charge on any atom is 0.327 e. The fourth-order valence-corrected chi connectivity index (χ4v) is 3.63. The Balaban J connectivity index is 3.91. The Morgan fingerprint density at radius 1 is 0.839 bits per heavy atom. The molecule has 0 amide bonds. The van der Waals surface area contributed by atoms with E-state index in [4.69, 9.17) is 19.5 Å². The molecule has 0 aliphatic rings. The summed E-state index contributed by atoms with van der Waals surface area (Å²) in [6.45, 7) is 0.968. The predicted molar refractivity (Wildman–Crippen MR) is 116 cm³/mol. The smallest absolute Gasteiger partial charge is 0.327 e.